The Bertz CT molecular complexity index is 213. The van der Waals surface area contributed by atoms with E-state index in [9.17, 15) is 0 Å². The van der Waals surface area contributed by atoms with Crippen LogP contribution in [0.25, 0.3) is 0 Å². The van der Waals surface area contributed by atoms with Crippen LogP contribution in [-0.2, 0) is 0 Å². The van der Waals surface area contributed by atoms with Crippen LogP contribution in [0.5, 0.6) is 0 Å². The standard InChI is InChI=1S/La.Mg.5NO3/c;;5*2-1(3)4/q+3;+2;5*-1. The predicted octanol–water partition coefficient (Wildman–Crippen LogP) is -1.58. The van der Waals surface area contributed by atoms with E-state index < -0.39 is 25.4 Å². The molecule has 0 unspecified atom stereocenters. The first-order valence-corrected chi connectivity index (χ1v) is 2.74. The normalized spacial score (nSPS) is 5.45. The van der Waals surface area contributed by atoms with Gasteiger partial charge in [0.2, 0.25) is 0 Å². The molecule has 0 aliphatic rings. The molecule has 0 fully saturated rings. The van der Waals surface area contributed by atoms with Crippen LogP contribution in [0.3, 0.4) is 0 Å². The summed E-state index contributed by atoms with van der Waals surface area (Å²) >= 11 is 0. The Hall–Kier alpha value is -2.04. The van der Waals surface area contributed by atoms with E-state index in [0.29, 0.717) is 0 Å². The van der Waals surface area contributed by atoms with Gasteiger partial charge in [-0.1, -0.05) is 0 Å². The summed E-state index contributed by atoms with van der Waals surface area (Å²) < 4.78 is 0. The minimum Gasteiger partial charge on any atom is -0.356 e. The molecule has 0 heterocycles. The van der Waals surface area contributed by atoms with Crippen molar-refractivity contribution in [3.63, 3.8) is 0 Å². The molecule has 0 aliphatic heterocycles. The van der Waals surface area contributed by atoms with E-state index >= 15 is 0 Å². The summed E-state index contributed by atoms with van der Waals surface area (Å²) in [5.41, 5.74) is 0. The second-order valence-electron chi connectivity index (χ2n) is 1.12. The van der Waals surface area contributed by atoms with Gasteiger partial charge in [0, 0.05) is 0 Å². The van der Waals surface area contributed by atoms with Crippen molar-refractivity contribution in [1.29, 1.82) is 0 Å². The van der Waals surface area contributed by atoms with E-state index in [4.69, 9.17) is 76.6 Å². The van der Waals surface area contributed by atoms with Gasteiger partial charge in [-0.3, -0.25) is 0 Å². The van der Waals surface area contributed by atoms with Crippen molar-refractivity contribution in [2.24, 2.45) is 0 Å². The monoisotopic (exact) mass is 473 g/mol. The Balaban J connectivity index is -0.0000000250. The molecule has 0 aliphatic carbocycles. The summed E-state index contributed by atoms with van der Waals surface area (Å²) in [4.78, 5) is 41.2. The predicted molar refractivity (Wildman–Crippen MR) is 57.6 cm³/mol. The molecule has 0 bridgehead atoms. The van der Waals surface area contributed by atoms with E-state index in [1.54, 1.807) is 0 Å². The fourth-order valence-corrected chi connectivity index (χ4v) is 0. The zero-order chi connectivity index (χ0) is 17.9. The average molecular weight is 473 g/mol. The molecule has 0 saturated carbocycles. The fraction of sp³-hybridized carbons (Fsp3) is 0. The van der Waals surface area contributed by atoms with Gasteiger partial charge in [-0.05, 0) is 0 Å². The van der Waals surface area contributed by atoms with Crippen LogP contribution >= 0.6 is 0 Å². The topological polar surface area (TPSA) is 331 Å². The molecule has 0 atom stereocenters. The van der Waals surface area contributed by atoms with Gasteiger partial charge < -0.3 is 76.6 Å². The van der Waals surface area contributed by atoms with Crippen molar-refractivity contribution >= 4 is 23.1 Å². The second kappa shape index (κ2) is 36.4. The van der Waals surface area contributed by atoms with E-state index in [-0.39, 0.29) is 58.7 Å². The van der Waals surface area contributed by atoms with Gasteiger partial charge in [-0.25, -0.2) is 0 Å². The molecule has 0 rings (SSSR count). The van der Waals surface area contributed by atoms with Crippen molar-refractivity contribution in [1.82, 2.24) is 0 Å². The fourth-order valence-electron chi connectivity index (χ4n) is 0. The Morgan fingerprint density at radius 2 is 0.364 bits per heavy atom. The number of nitrogens with zero attached hydrogens (tertiary/aromatic N) is 5. The van der Waals surface area contributed by atoms with Crippen LogP contribution in [0.4, 0.5) is 0 Å². The molecule has 0 aromatic rings. The average Bonchev–Trinajstić information content (AvgIpc) is 1.94. The third kappa shape index (κ3) is 1240. The van der Waals surface area contributed by atoms with Crippen molar-refractivity contribution in [2.75, 3.05) is 0 Å². The van der Waals surface area contributed by atoms with Gasteiger partial charge in [0.1, 0.15) is 0 Å². The van der Waals surface area contributed by atoms with Gasteiger partial charge in [-0.2, -0.15) is 0 Å². The summed E-state index contributed by atoms with van der Waals surface area (Å²) in [6.07, 6.45) is 0. The maximum Gasteiger partial charge on any atom is 3.00 e. The minimum absolute atomic E-state index is 0. The van der Waals surface area contributed by atoms with E-state index in [1.165, 1.54) is 0 Å². The van der Waals surface area contributed by atoms with E-state index in [0.717, 1.165) is 0 Å². The molecule has 0 aromatic heterocycles. The maximum atomic E-state index is 8.25. The van der Waals surface area contributed by atoms with E-state index in [2.05, 4.69) is 0 Å². The van der Waals surface area contributed by atoms with Crippen LogP contribution in [-0.4, -0.2) is 48.5 Å². The molecule has 0 radical (unpaired) electrons. The van der Waals surface area contributed by atoms with Gasteiger partial charge in [0.25, 0.3) is 0 Å². The third-order valence-electron chi connectivity index (χ3n) is 0. The van der Waals surface area contributed by atoms with Crippen molar-refractivity contribution in [3.05, 3.63) is 76.6 Å². The van der Waals surface area contributed by atoms with Crippen LogP contribution in [0.15, 0.2) is 0 Å². The summed E-state index contributed by atoms with van der Waals surface area (Å²) in [6.45, 7) is 0. The molecule has 0 amide bonds. The first kappa shape index (κ1) is 42.7. The summed E-state index contributed by atoms with van der Waals surface area (Å²) in [6, 6.07) is 0. The molecule has 20 nitrogen and oxygen atoms in total. The van der Waals surface area contributed by atoms with Crippen LogP contribution in [0.2, 0.25) is 0 Å². The third-order valence-corrected chi connectivity index (χ3v) is 0. The number of hydrogen-bond donors (Lipinski definition) is 0. The second-order valence-corrected chi connectivity index (χ2v) is 1.12. The molecule has 0 saturated heterocycles. The summed E-state index contributed by atoms with van der Waals surface area (Å²) in [5.74, 6) is 0. The minimum atomic E-state index is -1.75. The first-order valence-electron chi connectivity index (χ1n) is 2.74. The molecular formula is LaMgN5O15. The number of rotatable bonds is 0. The molecular weight excluding hydrogens is 473 g/mol. The zero-order valence-corrected chi connectivity index (χ0v) is 14.7. The quantitative estimate of drug-likeness (QED) is 0.217. The molecule has 22 heavy (non-hydrogen) atoms. The van der Waals surface area contributed by atoms with Crippen LogP contribution in [0.1, 0.15) is 0 Å². The number of hydrogen-bond acceptors (Lipinski definition) is 15. The van der Waals surface area contributed by atoms with Gasteiger partial charge >= 0.3 is 58.7 Å². The Morgan fingerprint density at radius 1 is 0.364 bits per heavy atom. The molecule has 0 spiro atoms. The maximum absolute atomic E-state index is 8.25. The summed E-state index contributed by atoms with van der Waals surface area (Å²) in [5, 5.41) is 73.8. The van der Waals surface area contributed by atoms with Crippen LogP contribution in [0, 0.1) is 112 Å². The molecule has 0 N–H and O–H groups in total. The van der Waals surface area contributed by atoms with Gasteiger partial charge in [-0.15, -0.1) is 0 Å². The Morgan fingerprint density at radius 3 is 0.364 bits per heavy atom. The smallest absolute Gasteiger partial charge is 0.356 e. The SMILES string of the molecule is O=[N+]([O-])[O-].O=[N+]([O-])[O-].O=[N+]([O-])[O-].O=[N+]([O-])[O-].O=[N+]([O-])[O-].[La+3].[Mg+2]. The largest absolute Gasteiger partial charge is 3.00 e. The van der Waals surface area contributed by atoms with Crippen LogP contribution < -0.4 is 0 Å². The Labute approximate surface area is 160 Å². The van der Waals surface area contributed by atoms with E-state index in [1.807, 2.05) is 0 Å². The van der Waals surface area contributed by atoms with Crippen molar-refractivity contribution in [3.8, 4) is 0 Å². The van der Waals surface area contributed by atoms with Crippen molar-refractivity contribution in [2.45, 2.75) is 0 Å². The molecule has 0 aromatic carbocycles. The zero-order valence-electron chi connectivity index (χ0n) is 9.64. The Kier molecular flexibility index (Phi) is 70.7. The molecule has 22 heteroatoms. The summed E-state index contributed by atoms with van der Waals surface area (Å²) in [7, 11) is 0. The van der Waals surface area contributed by atoms with Crippen molar-refractivity contribution < 1.29 is 61.0 Å². The first-order chi connectivity index (χ1) is 8.66. The molecule has 120 valence electrons. The van der Waals surface area contributed by atoms with Gasteiger partial charge in [0.05, 0.1) is 25.4 Å². The van der Waals surface area contributed by atoms with Gasteiger partial charge in [0.15, 0.2) is 0 Å².